The molecular weight excluding hydrogens is 412 g/mol. The fourth-order valence-corrected chi connectivity index (χ4v) is 4.77. The fourth-order valence-electron chi connectivity index (χ4n) is 3.09. The van der Waals surface area contributed by atoms with Crippen molar-refractivity contribution in [2.24, 2.45) is 5.14 Å². The number of nitrogens with zero attached hydrogens (tertiary/aromatic N) is 2. The summed E-state index contributed by atoms with van der Waals surface area (Å²) in [6.07, 6.45) is 0.777. The Bertz CT molecular complexity index is 1060. The molecule has 0 spiro atoms. The fraction of sp³-hybridized carbons (Fsp3) is 0.421. The number of sulfonamides is 1. The normalized spacial score (nSPS) is 16.1. The summed E-state index contributed by atoms with van der Waals surface area (Å²) < 4.78 is 24.1. The molecule has 29 heavy (non-hydrogen) atoms. The predicted molar refractivity (Wildman–Crippen MR) is 111 cm³/mol. The van der Waals surface area contributed by atoms with Gasteiger partial charge in [-0.2, -0.15) is 0 Å². The highest BCUT2D eigenvalue weighted by Gasteiger charge is 2.27. The Morgan fingerprint density at radius 2 is 2.03 bits per heavy atom. The molecule has 8 nitrogen and oxygen atoms in total. The van der Waals surface area contributed by atoms with Gasteiger partial charge in [0.2, 0.25) is 15.9 Å². The Morgan fingerprint density at radius 3 is 2.66 bits per heavy atom. The molecule has 1 aromatic heterocycles. The minimum Gasteiger partial charge on any atom is -0.356 e. The lowest BCUT2D eigenvalue weighted by Gasteiger charge is -2.14. The maximum Gasteiger partial charge on any atom is 0.254 e. The molecule has 0 saturated heterocycles. The van der Waals surface area contributed by atoms with Gasteiger partial charge in [0.15, 0.2) is 5.16 Å². The number of thioether (sulfide) groups is 1. The lowest BCUT2D eigenvalue weighted by atomic mass is 10.1. The summed E-state index contributed by atoms with van der Waals surface area (Å²) in [5.41, 5.74) is 1.55. The quantitative estimate of drug-likeness (QED) is 0.633. The maximum absolute atomic E-state index is 12.5. The summed E-state index contributed by atoms with van der Waals surface area (Å²) in [5.74, 6) is 0.687. The molecule has 0 aliphatic carbocycles. The van der Waals surface area contributed by atoms with Gasteiger partial charge in [0.05, 0.1) is 16.6 Å². The summed E-state index contributed by atoms with van der Waals surface area (Å²) in [4.78, 5) is 29.4. The van der Waals surface area contributed by atoms with Crippen molar-refractivity contribution < 1.29 is 13.2 Å². The third-order valence-electron chi connectivity index (χ3n) is 4.71. The van der Waals surface area contributed by atoms with Crippen LogP contribution >= 0.6 is 11.8 Å². The van der Waals surface area contributed by atoms with E-state index < -0.39 is 10.0 Å². The largest absolute Gasteiger partial charge is 0.356 e. The monoisotopic (exact) mass is 436 g/mol. The van der Waals surface area contributed by atoms with Crippen LogP contribution in [-0.2, 0) is 21.2 Å². The molecule has 0 fully saturated rings. The number of carbonyl (C=O) groups excluding carboxylic acids is 1. The van der Waals surface area contributed by atoms with Crippen molar-refractivity contribution in [2.45, 2.75) is 48.7 Å². The van der Waals surface area contributed by atoms with Crippen LogP contribution in [0.15, 0.2) is 45.2 Å². The number of primary sulfonamides is 1. The number of amides is 1. The van der Waals surface area contributed by atoms with Crippen LogP contribution in [0.5, 0.6) is 0 Å². The highest BCUT2D eigenvalue weighted by atomic mass is 32.2. The average Bonchev–Trinajstić information content (AvgIpc) is 3.04. The smallest absolute Gasteiger partial charge is 0.254 e. The standard InChI is InChI=1S/C19H24N4O4S2/c1-12(2)16-10-18(25)23-14(11-28-19(23)22-16)9-17(24)21-8-7-13-3-5-15(6-4-13)29(20,26)27/h3-6,10,12,14H,7-9,11H2,1-2H3,(H,21,24)(H2,20,26,27). The average molecular weight is 437 g/mol. The maximum atomic E-state index is 12.5. The van der Waals surface area contributed by atoms with E-state index in [1.807, 2.05) is 13.8 Å². The number of nitrogens with two attached hydrogens (primary N) is 1. The minimum absolute atomic E-state index is 0.0577. The van der Waals surface area contributed by atoms with Gasteiger partial charge in [-0.3, -0.25) is 14.2 Å². The zero-order valence-corrected chi connectivity index (χ0v) is 17.9. The summed E-state index contributed by atoms with van der Waals surface area (Å²) >= 11 is 1.50. The molecule has 0 bridgehead atoms. The third kappa shape index (κ3) is 5.26. The summed E-state index contributed by atoms with van der Waals surface area (Å²) in [5, 5.41) is 8.61. The van der Waals surface area contributed by atoms with Gasteiger partial charge in [-0.05, 0) is 30.0 Å². The second-order valence-electron chi connectivity index (χ2n) is 7.28. The number of carbonyl (C=O) groups is 1. The molecule has 1 aliphatic rings. The van der Waals surface area contributed by atoms with E-state index in [-0.39, 0.29) is 34.7 Å². The first-order valence-electron chi connectivity index (χ1n) is 9.30. The number of benzene rings is 1. The van der Waals surface area contributed by atoms with Gasteiger partial charge in [-0.25, -0.2) is 18.5 Å². The Kier molecular flexibility index (Phi) is 6.45. The van der Waals surface area contributed by atoms with Crippen molar-refractivity contribution in [3.05, 3.63) is 51.9 Å². The number of fused-ring (bicyclic) bond motifs is 1. The van der Waals surface area contributed by atoms with E-state index >= 15 is 0 Å². The van der Waals surface area contributed by atoms with Crippen molar-refractivity contribution in [2.75, 3.05) is 12.3 Å². The molecule has 3 rings (SSSR count). The molecule has 10 heteroatoms. The number of hydrogen-bond acceptors (Lipinski definition) is 6. The van der Waals surface area contributed by atoms with E-state index in [4.69, 9.17) is 5.14 Å². The van der Waals surface area contributed by atoms with E-state index in [0.717, 1.165) is 11.3 Å². The molecule has 1 atom stereocenters. The van der Waals surface area contributed by atoms with Crippen LogP contribution in [0.2, 0.25) is 0 Å². The number of nitrogens with one attached hydrogen (secondary N) is 1. The topological polar surface area (TPSA) is 124 Å². The first kappa shape index (κ1) is 21.5. The lowest BCUT2D eigenvalue weighted by molar-refractivity contribution is -0.121. The van der Waals surface area contributed by atoms with Crippen molar-refractivity contribution >= 4 is 27.7 Å². The molecule has 156 valence electrons. The Hall–Kier alpha value is -2.17. The second kappa shape index (κ2) is 8.68. The highest BCUT2D eigenvalue weighted by Crippen LogP contribution is 2.32. The highest BCUT2D eigenvalue weighted by molar-refractivity contribution is 7.99. The van der Waals surface area contributed by atoms with Crippen LogP contribution in [0.1, 0.15) is 43.5 Å². The lowest BCUT2D eigenvalue weighted by Crippen LogP contribution is -2.31. The van der Waals surface area contributed by atoms with Gasteiger partial charge in [0, 0.05) is 24.8 Å². The summed E-state index contributed by atoms with van der Waals surface area (Å²) in [7, 11) is -3.71. The van der Waals surface area contributed by atoms with Crippen LogP contribution in [0, 0.1) is 0 Å². The zero-order chi connectivity index (χ0) is 21.2. The van der Waals surface area contributed by atoms with E-state index in [9.17, 15) is 18.0 Å². The van der Waals surface area contributed by atoms with Crippen LogP contribution in [0.4, 0.5) is 0 Å². The molecule has 1 amide bonds. The zero-order valence-electron chi connectivity index (χ0n) is 16.3. The van der Waals surface area contributed by atoms with Crippen molar-refractivity contribution in [3.8, 4) is 0 Å². The van der Waals surface area contributed by atoms with Gasteiger partial charge in [0.25, 0.3) is 5.56 Å². The molecule has 2 aromatic rings. The Labute approximate surface area is 174 Å². The van der Waals surface area contributed by atoms with E-state index in [1.165, 1.54) is 23.9 Å². The molecule has 0 saturated carbocycles. The molecule has 1 aromatic carbocycles. The summed E-state index contributed by atoms with van der Waals surface area (Å²) in [6, 6.07) is 7.59. The van der Waals surface area contributed by atoms with Crippen molar-refractivity contribution in [1.29, 1.82) is 0 Å². The van der Waals surface area contributed by atoms with E-state index in [0.29, 0.717) is 23.9 Å². The third-order valence-corrected chi connectivity index (χ3v) is 6.74. The minimum atomic E-state index is -3.71. The molecule has 1 aliphatic heterocycles. The van der Waals surface area contributed by atoms with Crippen LogP contribution < -0.4 is 16.0 Å². The Balaban J connectivity index is 1.54. The second-order valence-corrected chi connectivity index (χ2v) is 9.83. The van der Waals surface area contributed by atoms with Gasteiger partial charge in [-0.1, -0.05) is 37.7 Å². The van der Waals surface area contributed by atoms with Gasteiger partial charge in [0.1, 0.15) is 0 Å². The summed E-state index contributed by atoms with van der Waals surface area (Å²) in [6.45, 7) is 4.40. The Morgan fingerprint density at radius 1 is 1.34 bits per heavy atom. The molecular formula is C19H24N4O4S2. The molecule has 2 heterocycles. The van der Waals surface area contributed by atoms with Gasteiger partial charge in [-0.15, -0.1) is 0 Å². The predicted octanol–water partition coefficient (Wildman–Crippen LogP) is 1.41. The number of rotatable bonds is 7. The SMILES string of the molecule is CC(C)c1cc(=O)n2c(n1)SCC2CC(=O)NCCc1ccc(S(N)(=O)=O)cc1. The number of aromatic nitrogens is 2. The van der Waals surface area contributed by atoms with Crippen molar-refractivity contribution in [1.82, 2.24) is 14.9 Å². The van der Waals surface area contributed by atoms with Crippen LogP contribution in [-0.4, -0.2) is 36.2 Å². The molecule has 0 radical (unpaired) electrons. The van der Waals surface area contributed by atoms with Crippen LogP contribution in [0.25, 0.3) is 0 Å². The van der Waals surface area contributed by atoms with Crippen molar-refractivity contribution in [3.63, 3.8) is 0 Å². The first-order valence-corrected chi connectivity index (χ1v) is 11.8. The van der Waals surface area contributed by atoms with E-state index in [2.05, 4.69) is 10.3 Å². The van der Waals surface area contributed by atoms with Crippen LogP contribution in [0.3, 0.4) is 0 Å². The molecule has 1 unspecified atom stereocenters. The first-order chi connectivity index (χ1) is 13.6. The van der Waals surface area contributed by atoms with Gasteiger partial charge < -0.3 is 5.32 Å². The van der Waals surface area contributed by atoms with Gasteiger partial charge >= 0.3 is 0 Å². The van der Waals surface area contributed by atoms with E-state index in [1.54, 1.807) is 22.8 Å². The number of hydrogen-bond donors (Lipinski definition) is 2. The molecule has 3 N–H and O–H groups in total.